The van der Waals surface area contributed by atoms with Crippen LogP contribution >= 0.6 is 23.2 Å². The number of halogens is 2. The molecule has 1 aromatic carbocycles. The van der Waals surface area contributed by atoms with E-state index in [1.54, 1.807) is 6.07 Å². The van der Waals surface area contributed by atoms with Crippen molar-refractivity contribution < 1.29 is 4.79 Å². The summed E-state index contributed by atoms with van der Waals surface area (Å²) in [4.78, 5) is 14.1. The molecule has 21 heavy (non-hydrogen) atoms. The Morgan fingerprint density at radius 3 is 2.57 bits per heavy atom. The van der Waals surface area contributed by atoms with Crippen LogP contribution in [0.25, 0.3) is 0 Å². The number of nitrogens with zero attached hydrogens (tertiary/aromatic N) is 1. The van der Waals surface area contributed by atoms with Gasteiger partial charge >= 0.3 is 0 Å². The number of nitrogens with one attached hydrogen (secondary N) is 1. The Bertz CT molecular complexity index is 487. The van der Waals surface area contributed by atoms with Crippen molar-refractivity contribution in [2.24, 2.45) is 0 Å². The van der Waals surface area contributed by atoms with Crippen LogP contribution in [-0.4, -0.2) is 30.4 Å². The average molecular weight is 329 g/mol. The average Bonchev–Trinajstić information content (AvgIpc) is 2.52. The molecule has 1 unspecified atom stereocenters. The molecule has 1 aromatic rings. The SMILES string of the molecule is CCC(NCC(=O)N1CCCCC1)c1ccc(Cl)c(Cl)c1. The number of likely N-dealkylation sites (tertiary alicyclic amines) is 1. The highest BCUT2D eigenvalue weighted by Gasteiger charge is 2.18. The molecule has 1 heterocycles. The number of rotatable bonds is 5. The van der Waals surface area contributed by atoms with E-state index < -0.39 is 0 Å². The summed E-state index contributed by atoms with van der Waals surface area (Å²) < 4.78 is 0. The Balaban J connectivity index is 1.92. The zero-order valence-electron chi connectivity index (χ0n) is 12.4. The molecule has 0 aliphatic carbocycles. The van der Waals surface area contributed by atoms with Gasteiger partial charge in [-0.05, 0) is 43.4 Å². The van der Waals surface area contributed by atoms with E-state index in [0.717, 1.165) is 37.9 Å². The van der Waals surface area contributed by atoms with Crippen molar-refractivity contribution in [3.63, 3.8) is 0 Å². The minimum absolute atomic E-state index is 0.119. The summed E-state index contributed by atoms with van der Waals surface area (Å²) in [5.41, 5.74) is 1.07. The first kappa shape index (κ1) is 16.6. The lowest BCUT2D eigenvalue weighted by Gasteiger charge is -2.28. The molecule has 0 saturated carbocycles. The number of carbonyl (C=O) groups excluding carboxylic acids is 1. The second kappa shape index (κ2) is 8.02. The summed E-state index contributed by atoms with van der Waals surface area (Å²) >= 11 is 12.0. The van der Waals surface area contributed by atoms with Gasteiger partial charge in [-0.25, -0.2) is 0 Å². The summed E-state index contributed by atoms with van der Waals surface area (Å²) in [5.74, 6) is 0.188. The van der Waals surface area contributed by atoms with Crippen molar-refractivity contribution in [1.82, 2.24) is 10.2 Å². The Labute approximate surface area is 136 Å². The van der Waals surface area contributed by atoms with E-state index in [4.69, 9.17) is 23.2 Å². The third-order valence-electron chi connectivity index (χ3n) is 3.96. The summed E-state index contributed by atoms with van der Waals surface area (Å²) in [6, 6.07) is 5.75. The maximum absolute atomic E-state index is 12.2. The topological polar surface area (TPSA) is 32.3 Å². The molecule has 5 heteroatoms. The molecule has 1 atom stereocenters. The molecule has 0 spiro atoms. The van der Waals surface area contributed by atoms with E-state index in [0.29, 0.717) is 16.6 Å². The number of benzene rings is 1. The standard InChI is InChI=1S/C16H22Cl2N2O/c1-2-15(12-6-7-13(17)14(18)10-12)19-11-16(21)20-8-4-3-5-9-20/h6-7,10,15,19H,2-5,8-9,11H2,1H3. The fourth-order valence-electron chi connectivity index (χ4n) is 2.69. The van der Waals surface area contributed by atoms with Gasteiger partial charge in [0.05, 0.1) is 16.6 Å². The highest BCUT2D eigenvalue weighted by molar-refractivity contribution is 6.42. The Hall–Kier alpha value is -0.770. The quantitative estimate of drug-likeness (QED) is 0.884. The van der Waals surface area contributed by atoms with Crippen molar-refractivity contribution in [2.75, 3.05) is 19.6 Å². The molecule has 1 N–H and O–H groups in total. The van der Waals surface area contributed by atoms with Gasteiger partial charge in [0.15, 0.2) is 0 Å². The normalized spacial score (nSPS) is 16.8. The third-order valence-corrected chi connectivity index (χ3v) is 4.70. The number of amides is 1. The molecular weight excluding hydrogens is 307 g/mol. The fraction of sp³-hybridized carbons (Fsp3) is 0.562. The van der Waals surface area contributed by atoms with Crippen molar-refractivity contribution in [2.45, 2.75) is 38.6 Å². The number of piperidine rings is 1. The lowest BCUT2D eigenvalue weighted by molar-refractivity contribution is -0.131. The molecule has 116 valence electrons. The molecule has 1 aliphatic heterocycles. The monoisotopic (exact) mass is 328 g/mol. The summed E-state index contributed by atoms with van der Waals surface area (Å²) in [6.45, 7) is 4.25. The third kappa shape index (κ3) is 4.60. The maximum Gasteiger partial charge on any atom is 0.236 e. The lowest BCUT2D eigenvalue weighted by Crippen LogP contribution is -2.41. The smallest absolute Gasteiger partial charge is 0.236 e. The van der Waals surface area contributed by atoms with E-state index in [1.165, 1.54) is 6.42 Å². The van der Waals surface area contributed by atoms with Crippen molar-refractivity contribution >= 4 is 29.1 Å². The van der Waals surface area contributed by atoms with Gasteiger partial charge in [0.1, 0.15) is 0 Å². The molecular formula is C16H22Cl2N2O. The first-order valence-electron chi connectivity index (χ1n) is 7.58. The number of hydrogen-bond acceptors (Lipinski definition) is 2. The molecule has 0 bridgehead atoms. The van der Waals surface area contributed by atoms with Crippen LogP contribution in [0.2, 0.25) is 10.0 Å². The molecule has 0 radical (unpaired) electrons. The van der Waals surface area contributed by atoms with Gasteiger partial charge in [0, 0.05) is 19.1 Å². The Kier molecular flexibility index (Phi) is 6.34. The number of carbonyl (C=O) groups is 1. The van der Waals surface area contributed by atoms with E-state index >= 15 is 0 Å². The van der Waals surface area contributed by atoms with Gasteiger partial charge in [-0.1, -0.05) is 36.2 Å². The van der Waals surface area contributed by atoms with Crippen molar-refractivity contribution in [1.29, 1.82) is 0 Å². The minimum atomic E-state index is 0.119. The Morgan fingerprint density at radius 2 is 1.95 bits per heavy atom. The predicted octanol–water partition coefficient (Wildman–Crippen LogP) is 4.05. The van der Waals surface area contributed by atoms with Crippen LogP contribution < -0.4 is 5.32 Å². The van der Waals surface area contributed by atoms with E-state index in [9.17, 15) is 4.79 Å². The predicted molar refractivity (Wildman–Crippen MR) is 87.9 cm³/mol. The lowest BCUT2D eigenvalue weighted by atomic mass is 10.0. The van der Waals surface area contributed by atoms with Gasteiger partial charge in [-0.15, -0.1) is 0 Å². The largest absolute Gasteiger partial charge is 0.342 e. The Morgan fingerprint density at radius 1 is 1.24 bits per heavy atom. The fourth-order valence-corrected chi connectivity index (χ4v) is 3.00. The van der Waals surface area contributed by atoms with Gasteiger partial charge in [0.2, 0.25) is 5.91 Å². The molecule has 0 aromatic heterocycles. The van der Waals surface area contributed by atoms with Crippen LogP contribution in [0.15, 0.2) is 18.2 Å². The van der Waals surface area contributed by atoms with E-state index in [1.807, 2.05) is 17.0 Å². The van der Waals surface area contributed by atoms with Crippen LogP contribution in [0.3, 0.4) is 0 Å². The molecule has 2 rings (SSSR count). The molecule has 3 nitrogen and oxygen atoms in total. The molecule has 1 saturated heterocycles. The highest BCUT2D eigenvalue weighted by Crippen LogP contribution is 2.26. The van der Waals surface area contributed by atoms with Gasteiger partial charge in [-0.2, -0.15) is 0 Å². The second-order valence-electron chi connectivity index (χ2n) is 5.46. The zero-order chi connectivity index (χ0) is 15.2. The van der Waals surface area contributed by atoms with Gasteiger partial charge < -0.3 is 10.2 Å². The molecule has 1 fully saturated rings. The maximum atomic E-state index is 12.2. The van der Waals surface area contributed by atoms with Crippen molar-refractivity contribution in [3.8, 4) is 0 Å². The van der Waals surface area contributed by atoms with Crippen molar-refractivity contribution in [3.05, 3.63) is 33.8 Å². The van der Waals surface area contributed by atoms with Crippen LogP contribution in [0.4, 0.5) is 0 Å². The van der Waals surface area contributed by atoms with Crippen LogP contribution in [0.1, 0.15) is 44.2 Å². The van der Waals surface area contributed by atoms with Crippen LogP contribution in [-0.2, 0) is 4.79 Å². The molecule has 1 aliphatic rings. The summed E-state index contributed by atoms with van der Waals surface area (Å²) in [6.07, 6.45) is 4.37. The van der Waals surface area contributed by atoms with Crippen LogP contribution in [0, 0.1) is 0 Å². The zero-order valence-corrected chi connectivity index (χ0v) is 13.9. The summed E-state index contributed by atoms with van der Waals surface area (Å²) in [7, 11) is 0. The first-order valence-corrected chi connectivity index (χ1v) is 8.33. The summed E-state index contributed by atoms with van der Waals surface area (Å²) in [5, 5.41) is 4.44. The van der Waals surface area contributed by atoms with Gasteiger partial charge in [0.25, 0.3) is 0 Å². The van der Waals surface area contributed by atoms with E-state index in [-0.39, 0.29) is 11.9 Å². The highest BCUT2D eigenvalue weighted by atomic mass is 35.5. The minimum Gasteiger partial charge on any atom is -0.342 e. The van der Waals surface area contributed by atoms with E-state index in [2.05, 4.69) is 12.2 Å². The number of hydrogen-bond donors (Lipinski definition) is 1. The second-order valence-corrected chi connectivity index (χ2v) is 6.27. The molecule has 1 amide bonds. The van der Waals surface area contributed by atoms with Gasteiger partial charge in [-0.3, -0.25) is 4.79 Å². The van der Waals surface area contributed by atoms with Crippen LogP contribution in [0.5, 0.6) is 0 Å². The first-order chi connectivity index (χ1) is 10.1.